The first-order valence-electron chi connectivity index (χ1n) is 7.09. The van der Waals surface area contributed by atoms with E-state index >= 15 is 0 Å². The van der Waals surface area contributed by atoms with Crippen LogP contribution in [0.15, 0.2) is 30.3 Å². The summed E-state index contributed by atoms with van der Waals surface area (Å²) in [5.74, 6) is 1.00. The third kappa shape index (κ3) is 3.85. The molecule has 0 aliphatic rings. The first-order valence-corrected chi connectivity index (χ1v) is 7.09. The smallest absolute Gasteiger partial charge is 0.256 e. The summed E-state index contributed by atoms with van der Waals surface area (Å²) >= 11 is 0. The maximum atomic E-state index is 12.3. The van der Waals surface area contributed by atoms with Crippen LogP contribution >= 0.6 is 0 Å². The van der Waals surface area contributed by atoms with E-state index in [0.29, 0.717) is 36.7 Å². The molecule has 0 aliphatic heterocycles. The molecule has 0 saturated heterocycles. The molecule has 0 fully saturated rings. The Morgan fingerprint density at radius 1 is 1.45 bits per heavy atom. The van der Waals surface area contributed by atoms with Crippen molar-refractivity contribution in [1.29, 1.82) is 5.26 Å². The largest absolute Gasteiger partial charge is 0.494 e. The molecule has 2 aromatic rings. The standard InChI is InChI=1S/C16H18N4O2/c1-3-22-14-7-4-6-13(11-14)16(21)18-15-10-12(2)19-20(15)9-5-8-17/h4,6-7,10-11H,3,5,9H2,1-2H3,(H,18,21). The van der Waals surface area contributed by atoms with Gasteiger partial charge in [-0.25, -0.2) is 4.68 Å². The number of nitrogens with zero attached hydrogens (tertiary/aromatic N) is 3. The van der Waals surface area contributed by atoms with Crippen molar-refractivity contribution in [3.05, 3.63) is 41.6 Å². The van der Waals surface area contributed by atoms with Gasteiger partial charge in [-0.15, -0.1) is 0 Å². The summed E-state index contributed by atoms with van der Waals surface area (Å²) in [4.78, 5) is 12.3. The van der Waals surface area contributed by atoms with Gasteiger partial charge in [0.1, 0.15) is 11.6 Å². The van der Waals surface area contributed by atoms with Crippen molar-refractivity contribution in [2.24, 2.45) is 0 Å². The van der Waals surface area contributed by atoms with Crippen LogP contribution in [0.25, 0.3) is 0 Å². The van der Waals surface area contributed by atoms with Gasteiger partial charge in [0.2, 0.25) is 0 Å². The predicted molar refractivity (Wildman–Crippen MR) is 82.8 cm³/mol. The zero-order valence-electron chi connectivity index (χ0n) is 12.7. The number of aromatic nitrogens is 2. The van der Waals surface area contributed by atoms with E-state index in [1.54, 1.807) is 28.9 Å². The number of aryl methyl sites for hydroxylation is 2. The van der Waals surface area contributed by atoms with E-state index in [4.69, 9.17) is 10.00 Å². The van der Waals surface area contributed by atoms with Crippen LogP contribution in [-0.2, 0) is 6.54 Å². The van der Waals surface area contributed by atoms with Gasteiger partial charge in [0.15, 0.2) is 0 Å². The van der Waals surface area contributed by atoms with Gasteiger partial charge in [0, 0.05) is 11.6 Å². The molecule has 0 spiro atoms. The molecule has 0 saturated carbocycles. The monoisotopic (exact) mass is 298 g/mol. The lowest BCUT2D eigenvalue weighted by Crippen LogP contribution is -2.16. The number of rotatable bonds is 6. The number of ether oxygens (including phenoxy) is 1. The number of carbonyl (C=O) groups is 1. The van der Waals surface area contributed by atoms with Crippen molar-refractivity contribution in [3.8, 4) is 11.8 Å². The number of nitrogens with one attached hydrogen (secondary N) is 1. The highest BCUT2D eigenvalue weighted by molar-refractivity contribution is 6.04. The molecule has 1 heterocycles. The lowest BCUT2D eigenvalue weighted by molar-refractivity contribution is 0.102. The van der Waals surface area contributed by atoms with E-state index < -0.39 is 0 Å². The van der Waals surface area contributed by atoms with Crippen molar-refractivity contribution in [3.63, 3.8) is 0 Å². The van der Waals surface area contributed by atoms with Crippen molar-refractivity contribution in [2.75, 3.05) is 11.9 Å². The van der Waals surface area contributed by atoms with E-state index in [0.717, 1.165) is 5.69 Å². The summed E-state index contributed by atoms with van der Waals surface area (Å²) in [5, 5.41) is 15.8. The third-order valence-corrected chi connectivity index (χ3v) is 2.99. The second-order valence-corrected chi connectivity index (χ2v) is 4.72. The Balaban J connectivity index is 2.15. The van der Waals surface area contributed by atoms with Crippen LogP contribution in [0.2, 0.25) is 0 Å². The van der Waals surface area contributed by atoms with E-state index in [9.17, 15) is 4.79 Å². The van der Waals surface area contributed by atoms with E-state index in [-0.39, 0.29) is 5.91 Å². The molecular formula is C16H18N4O2. The normalized spacial score (nSPS) is 10.0. The number of amides is 1. The summed E-state index contributed by atoms with van der Waals surface area (Å²) in [6.45, 7) is 4.72. The highest BCUT2D eigenvalue weighted by Gasteiger charge is 2.11. The molecule has 6 heteroatoms. The highest BCUT2D eigenvalue weighted by Crippen LogP contribution is 2.16. The number of carbonyl (C=O) groups excluding carboxylic acids is 1. The highest BCUT2D eigenvalue weighted by atomic mass is 16.5. The molecule has 1 aromatic heterocycles. The topological polar surface area (TPSA) is 79.9 Å². The molecule has 1 aromatic carbocycles. The van der Waals surface area contributed by atoms with Crippen molar-refractivity contribution < 1.29 is 9.53 Å². The zero-order chi connectivity index (χ0) is 15.9. The lowest BCUT2D eigenvalue weighted by atomic mass is 10.2. The predicted octanol–water partition coefficient (Wildman–Crippen LogP) is 2.76. The second-order valence-electron chi connectivity index (χ2n) is 4.72. The third-order valence-electron chi connectivity index (χ3n) is 2.99. The average molecular weight is 298 g/mol. The zero-order valence-corrected chi connectivity index (χ0v) is 12.7. The minimum Gasteiger partial charge on any atom is -0.494 e. The Labute approximate surface area is 129 Å². The number of benzene rings is 1. The van der Waals surface area contributed by atoms with Crippen LogP contribution in [0.4, 0.5) is 5.82 Å². The summed E-state index contributed by atoms with van der Waals surface area (Å²) < 4.78 is 7.02. The molecule has 0 radical (unpaired) electrons. The number of nitriles is 1. The van der Waals surface area contributed by atoms with Crippen LogP contribution < -0.4 is 10.1 Å². The van der Waals surface area contributed by atoms with Gasteiger partial charge < -0.3 is 10.1 Å². The Bertz CT molecular complexity index is 700. The Morgan fingerprint density at radius 2 is 2.27 bits per heavy atom. The van der Waals surface area contributed by atoms with Gasteiger partial charge in [-0.1, -0.05) is 6.07 Å². The lowest BCUT2D eigenvalue weighted by Gasteiger charge is -2.09. The molecular weight excluding hydrogens is 280 g/mol. The van der Waals surface area contributed by atoms with E-state index in [2.05, 4.69) is 16.5 Å². The van der Waals surface area contributed by atoms with Crippen LogP contribution in [0.1, 0.15) is 29.4 Å². The van der Waals surface area contributed by atoms with Gasteiger partial charge in [0.05, 0.1) is 31.3 Å². The van der Waals surface area contributed by atoms with Crippen LogP contribution in [0, 0.1) is 18.3 Å². The molecule has 6 nitrogen and oxygen atoms in total. The minimum atomic E-state index is -0.236. The fraction of sp³-hybridized carbons (Fsp3) is 0.312. The van der Waals surface area contributed by atoms with Crippen molar-refractivity contribution >= 4 is 11.7 Å². The average Bonchev–Trinajstić information content (AvgIpc) is 2.85. The van der Waals surface area contributed by atoms with Gasteiger partial charge in [-0.3, -0.25) is 4.79 Å². The molecule has 0 bridgehead atoms. The molecule has 22 heavy (non-hydrogen) atoms. The van der Waals surface area contributed by atoms with Crippen molar-refractivity contribution in [2.45, 2.75) is 26.8 Å². The van der Waals surface area contributed by atoms with Gasteiger partial charge in [-0.05, 0) is 32.0 Å². The molecule has 0 atom stereocenters. The molecule has 114 valence electrons. The first kappa shape index (κ1) is 15.6. The molecule has 1 N–H and O–H groups in total. The number of anilines is 1. The van der Waals surface area contributed by atoms with Crippen LogP contribution in [0.5, 0.6) is 5.75 Å². The van der Waals surface area contributed by atoms with E-state index in [1.165, 1.54) is 0 Å². The van der Waals surface area contributed by atoms with E-state index in [1.807, 2.05) is 19.9 Å². The Hall–Kier alpha value is -2.81. The summed E-state index contributed by atoms with van der Waals surface area (Å²) in [6, 6.07) is 10.9. The Kier molecular flexibility index (Phi) is 5.15. The molecule has 0 unspecified atom stereocenters. The van der Waals surface area contributed by atoms with Gasteiger partial charge in [-0.2, -0.15) is 10.4 Å². The number of hydrogen-bond donors (Lipinski definition) is 1. The van der Waals surface area contributed by atoms with Crippen LogP contribution in [-0.4, -0.2) is 22.3 Å². The summed E-state index contributed by atoms with van der Waals surface area (Å²) in [5.41, 5.74) is 1.30. The number of hydrogen-bond acceptors (Lipinski definition) is 4. The maximum Gasteiger partial charge on any atom is 0.256 e. The molecule has 1 amide bonds. The molecule has 2 rings (SSSR count). The van der Waals surface area contributed by atoms with Gasteiger partial charge >= 0.3 is 0 Å². The fourth-order valence-corrected chi connectivity index (χ4v) is 2.05. The molecule has 0 aliphatic carbocycles. The first-order chi connectivity index (χ1) is 10.6. The quantitative estimate of drug-likeness (QED) is 0.889. The fourth-order valence-electron chi connectivity index (χ4n) is 2.05. The summed E-state index contributed by atoms with van der Waals surface area (Å²) in [6.07, 6.45) is 0.337. The maximum absolute atomic E-state index is 12.3. The SMILES string of the molecule is CCOc1cccc(C(=O)Nc2cc(C)nn2CCC#N)c1. The second kappa shape index (κ2) is 7.27. The van der Waals surface area contributed by atoms with Gasteiger partial charge in [0.25, 0.3) is 5.91 Å². The van der Waals surface area contributed by atoms with Crippen LogP contribution in [0.3, 0.4) is 0 Å². The Morgan fingerprint density at radius 3 is 3.00 bits per heavy atom. The summed E-state index contributed by atoms with van der Waals surface area (Å²) in [7, 11) is 0. The minimum absolute atomic E-state index is 0.236. The van der Waals surface area contributed by atoms with Crippen molar-refractivity contribution in [1.82, 2.24) is 9.78 Å².